The van der Waals surface area contributed by atoms with E-state index < -0.39 is 7.60 Å². The lowest BCUT2D eigenvalue weighted by molar-refractivity contribution is -0.0887. The van der Waals surface area contributed by atoms with Crippen molar-refractivity contribution in [3.05, 3.63) is 0 Å². The van der Waals surface area contributed by atoms with Gasteiger partial charge in [-0.05, 0) is 6.42 Å². The second-order valence-corrected chi connectivity index (χ2v) is 5.46. The van der Waals surface area contributed by atoms with Gasteiger partial charge in [0.05, 0.1) is 32.1 Å². The maximum absolute atomic E-state index is 11.7. The van der Waals surface area contributed by atoms with Crippen LogP contribution in [0.25, 0.3) is 0 Å². The molecule has 0 saturated carbocycles. The molecule has 0 spiro atoms. The summed E-state index contributed by atoms with van der Waals surface area (Å²) in [5.41, 5.74) is 0. The van der Waals surface area contributed by atoms with Crippen LogP contribution >= 0.6 is 7.60 Å². The molecule has 1 atom stereocenters. The van der Waals surface area contributed by atoms with Crippen LogP contribution in [-0.2, 0) is 23.1 Å². The second-order valence-electron chi connectivity index (χ2n) is 3.06. The van der Waals surface area contributed by atoms with Crippen LogP contribution < -0.4 is 0 Å². The predicted molar refractivity (Wildman–Crippen MR) is 51.7 cm³/mol. The Morgan fingerprint density at radius 3 is 2.57 bits per heavy atom. The standard InChI is InChI=1S/C8H17O5P/c1-10-14(9,11-2)6-3-8-7-12-4-5-13-8/h8H,3-7H2,1-2H3/t8-/m1/s1. The molecule has 5 nitrogen and oxygen atoms in total. The minimum atomic E-state index is -2.88. The van der Waals surface area contributed by atoms with Gasteiger partial charge in [0, 0.05) is 14.2 Å². The van der Waals surface area contributed by atoms with E-state index in [1.807, 2.05) is 0 Å². The van der Waals surface area contributed by atoms with E-state index in [0.29, 0.717) is 32.4 Å². The SMILES string of the molecule is COP(=O)(CC[C@@H]1COCCO1)OC. The normalized spacial score (nSPS) is 23.7. The Bertz CT molecular complexity index is 194. The molecule has 1 saturated heterocycles. The molecule has 0 aromatic heterocycles. The fourth-order valence-corrected chi connectivity index (χ4v) is 2.38. The van der Waals surface area contributed by atoms with Gasteiger partial charge in [-0.15, -0.1) is 0 Å². The van der Waals surface area contributed by atoms with Crippen LogP contribution in [-0.4, -0.2) is 46.3 Å². The van der Waals surface area contributed by atoms with Crippen LogP contribution in [0.5, 0.6) is 0 Å². The predicted octanol–water partition coefficient (Wildman–Crippen LogP) is 1.28. The van der Waals surface area contributed by atoms with Crippen molar-refractivity contribution in [1.82, 2.24) is 0 Å². The van der Waals surface area contributed by atoms with Crippen molar-refractivity contribution in [1.29, 1.82) is 0 Å². The average molecular weight is 224 g/mol. The van der Waals surface area contributed by atoms with Gasteiger partial charge in [-0.3, -0.25) is 4.57 Å². The molecule has 0 amide bonds. The van der Waals surface area contributed by atoms with E-state index >= 15 is 0 Å². The third-order valence-corrected chi connectivity index (χ3v) is 4.08. The first-order chi connectivity index (χ1) is 6.70. The van der Waals surface area contributed by atoms with E-state index in [2.05, 4.69) is 0 Å². The van der Waals surface area contributed by atoms with Gasteiger partial charge in [0.25, 0.3) is 0 Å². The highest BCUT2D eigenvalue weighted by Gasteiger charge is 2.24. The van der Waals surface area contributed by atoms with E-state index in [1.54, 1.807) is 0 Å². The Balaban J connectivity index is 2.27. The molecule has 1 fully saturated rings. The molecular weight excluding hydrogens is 207 g/mol. The molecule has 1 rings (SSSR count). The molecule has 0 unspecified atom stereocenters. The third-order valence-electron chi connectivity index (χ3n) is 2.17. The van der Waals surface area contributed by atoms with Crippen LogP contribution in [0.15, 0.2) is 0 Å². The number of rotatable bonds is 5. The summed E-state index contributed by atoms with van der Waals surface area (Å²) in [6, 6.07) is 0. The molecule has 84 valence electrons. The first-order valence-electron chi connectivity index (χ1n) is 4.60. The van der Waals surface area contributed by atoms with Gasteiger partial charge in [0.2, 0.25) is 0 Å². The molecular formula is C8H17O5P. The lowest BCUT2D eigenvalue weighted by Gasteiger charge is -2.24. The van der Waals surface area contributed by atoms with Crippen molar-refractivity contribution in [3.8, 4) is 0 Å². The van der Waals surface area contributed by atoms with Gasteiger partial charge in [-0.1, -0.05) is 0 Å². The lowest BCUT2D eigenvalue weighted by atomic mass is 10.3. The summed E-state index contributed by atoms with van der Waals surface area (Å²) >= 11 is 0. The molecule has 0 aromatic rings. The number of hydrogen-bond acceptors (Lipinski definition) is 5. The van der Waals surface area contributed by atoms with E-state index in [1.165, 1.54) is 14.2 Å². The minimum Gasteiger partial charge on any atom is -0.376 e. The minimum absolute atomic E-state index is 0.0161. The monoisotopic (exact) mass is 224 g/mol. The van der Waals surface area contributed by atoms with E-state index in [-0.39, 0.29) is 6.10 Å². The highest BCUT2D eigenvalue weighted by molar-refractivity contribution is 7.53. The molecule has 0 radical (unpaired) electrons. The molecule has 0 aromatic carbocycles. The lowest BCUT2D eigenvalue weighted by Crippen LogP contribution is -2.29. The third kappa shape index (κ3) is 3.67. The zero-order chi connectivity index (χ0) is 10.4. The molecule has 1 heterocycles. The van der Waals surface area contributed by atoms with Crippen molar-refractivity contribution in [2.75, 3.05) is 40.2 Å². The molecule has 0 bridgehead atoms. The first kappa shape index (κ1) is 12.1. The molecule has 1 aliphatic heterocycles. The summed E-state index contributed by atoms with van der Waals surface area (Å²) in [6.07, 6.45) is 1.02. The zero-order valence-electron chi connectivity index (χ0n) is 8.60. The smallest absolute Gasteiger partial charge is 0.330 e. The fraction of sp³-hybridized carbons (Fsp3) is 1.00. The van der Waals surface area contributed by atoms with Crippen LogP contribution in [0, 0.1) is 0 Å². The zero-order valence-corrected chi connectivity index (χ0v) is 9.50. The Hall–Kier alpha value is 0.0700. The van der Waals surface area contributed by atoms with E-state index in [4.69, 9.17) is 18.5 Å². The molecule has 1 aliphatic rings. The van der Waals surface area contributed by atoms with E-state index in [0.717, 1.165) is 0 Å². The van der Waals surface area contributed by atoms with Crippen molar-refractivity contribution in [2.24, 2.45) is 0 Å². The molecule has 0 aliphatic carbocycles. The van der Waals surface area contributed by atoms with E-state index in [9.17, 15) is 4.57 Å². The quantitative estimate of drug-likeness (QED) is 0.658. The van der Waals surface area contributed by atoms with Gasteiger partial charge in [-0.25, -0.2) is 0 Å². The summed E-state index contributed by atoms with van der Waals surface area (Å²) < 4.78 is 31.9. The second kappa shape index (κ2) is 5.83. The van der Waals surface area contributed by atoms with Gasteiger partial charge in [0.15, 0.2) is 0 Å². The molecule has 6 heteroatoms. The Labute approximate surface area is 84.2 Å². The van der Waals surface area contributed by atoms with Crippen LogP contribution in [0.3, 0.4) is 0 Å². The summed E-state index contributed by atoms with van der Waals surface area (Å²) in [5.74, 6) is 0. The average Bonchev–Trinajstić information content (AvgIpc) is 2.27. The maximum atomic E-state index is 11.7. The van der Waals surface area contributed by atoms with Crippen molar-refractivity contribution in [3.63, 3.8) is 0 Å². The summed E-state index contributed by atoms with van der Waals surface area (Å²) in [5, 5.41) is 0. The van der Waals surface area contributed by atoms with Gasteiger partial charge in [0.1, 0.15) is 0 Å². The Morgan fingerprint density at radius 1 is 1.36 bits per heavy atom. The molecule has 0 N–H and O–H groups in total. The first-order valence-corrected chi connectivity index (χ1v) is 6.33. The Kier molecular flexibility index (Phi) is 5.06. The summed E-state index contributed by atoms with van der Waals surface area (Å²) in [7, 11) is -0.101. The van der Waals surface area contributed by atoms with Crippen molar-refractivity contribution < 1.29 is 23.1 Å². The van der Waals surface area contributed by atoms with Crippen LogP contribution in [0.4, 0.5) is 0 Å². The van der Waals surface area contributed by atoms with Gasteiger partial charge < -0.3 is 18.5 Å². The fourth-order valence-electron chi connectivity index (χ4n) is 1.26. The molecule has 14 heavy (non-hydrogen) atoms. The largest absolute Gasteiger partial charge is 0.376 e. The highest BCUT2D eigenvalue weighted by Crippen LogP contribution is 2.47. The topological polar surface area (TPSA) is 54.0 Å². The van der Waals surface area contributed by atoms with Crippen LogP contribution in [0.1, 0.15) is 6.42 Å². The highest BCUT2D eigenvalue weighted by atomic mass is 31.2. The van der Waals surface area contributed by atoms with Crippen molar-refractivity contribution >= 4 is 7.60 Å². The van der Waals surface area contributed by atoms with Crippen molar-refractivity contribution in [2.45, 2.75) is 12.5 Å². The van der Waals surface area contributed by atoms with Gasteiger partial charge in [-0.2, -0.15) is 0 Å². The number of ether oxygens (including phenoxy) is 2. The van der Waals surface area contributed by atoms with Gasteiger partial charge >= 0.3 is 7.60 Å². The maximum Gasteiger partial charge on any atom is 0.330 e. The summed E-state index contributed by atoms with van der Waals surface area (Å²) in [4.78, 5) is 0. The number of hydrogen-bond donors (Lipinski definition) is 0. The summed E-state index contributed by atoms with van der Waals surface area (Å²) in [6.45, 7) is 1.81. The van der Waals surface area contributed by atoms with Crippen LogP contribution in [0.2, 0.25) is 0 Å². The Morgan fingerprint density at radius 2 is 2.07 bits per heavy atom.